The van der Waals surface area contributed by atoms with Gasteiger partial charge in [-0.25, -0.2) is 13.9 Å². The van der Waals surface area contributed by atoms with Crippen LogP contribution in [-0.4, -0.2) is 32.0 Å². The van der Waals surface area contributed by atoms with E-state index in [0.717, 1.165) is 4.68 Å². The number of hydrogen-bond donors (Lipinski definition) is 2. The average Bonchev–Trinajstić information content (AvgIpc) is 2.73. The Bertz CT molecular complexity index is 636. The normalized spacial score (nSPS) is 10.4. The monoisotopic (exact) mass is 264 g/mol. The number of primary amides is 1. The summed E-state index contributed by atoms with van der Waals surface area (Å²) in [6.07, 6.45) is 0. The number of aromatic nitrogens is 3. The molecule has 0 saturated carbocycles. The summed E-state index contributed by atoms with van der Waals surface area (Å²) in [5, 5.41) is 16.1. The second-order valence-corrected chi connectivity index (χ2v) is 3.72. The molecule has 0 atom stereocenters. The van der Waals surface area contributed by atoms with Crippen LogP contribution in [0, 0.1) is 5.82 Å². The smallest absolute Gasteiger partial charge is 0.358 e. The highest BCUT2D eigenvalue weighted by molar-refractivity contribution is 5.93. The van der Waals surface area contributed by atoms with Gasteiger partial charge in [-0.15, -0.1) is 5.10 Å². The van der Waals surface area contributed by atoms with Gasteiger partial charge < -0.3 is 10.8 Å². The Kier molecular flexibility index (Phi) is 3.23. The molecule has 0 fully saturated rings. The predicted molar refractivity (Wildman–Crippen MR) is 61.6 cm³/mol. The van der Waals surface area contributed by atoms with Gasteiger partial charge in [-0.3, -0.25) is 4.79 Å². The number of benzene rings is 1. The highest BCUT2D eigenvalue weighted by atomic mass is 19.1. The highest BCUT2D eigenvalue weighted by Crippen LogP contribution is 2.22. The molecule has 1 heterocycles. The van der Waals surface area contributed by atoms with Gasteiger partial charge in [0.1, 0.15) is 18.1 Å². The van der Waals surface area contributed by atoms with Gasteiger partial charge >= 0.3 is 5.97 Å². The Morgan fingerprint density at radius 2 is 1.95 bits per heavy atom. The number of amides is 1. The Hall–Kier alpha value is -2.77. The Labute approximate surface area is 106 Å². The maximum atomic E-state index is 12.9. The highest BCUT2D eigenvalue weighted by Gasteiger charge is 2.21. The molecule has 0 aliphatic carbocycles. The molecule has 1 amide bonds. The number of nitrogens with two attached hydrogens (primary N) is 1. The van der Waals surface area contributed by atoms with Crippen molar-refractivity contribution in [3.8, 4) is 11.3 Å². The number of carboxylic acids is 1. The van der Waals surface area contributed by atoms with Crippen molar-refractivity contribution in [1.82, 2.24) is 15.0 Å². The van der Waals surface area contributed by atoms with Gasteiger partial charge in [0, 0.05) is 5.56 Å². The molecule has 0 unspecified atom stereocenters. The number of rotatable bonds is 4. The van der Waals surface area contributed by atoms with E-state index in [0.29, 0.717) is 5.56 Å². The number of carbonyl (C=O) groups excluding carboxylic acids is 1. The van der Waals surface area contributed by atoms with Crippen molar-refractivity contribution < 1.29 is 19.1 Å². The average molecular weight is 264 g/mol. The lowest BCUT2D eigenvalue weighted by molar-refractivity contribution is -0.118. The van der Waals surface area contributed by atoms with Gasteiger partial charge in [0.15, 0.2) is 5.69 Å². The molecule has 98 valence electrons. The fourth-order valence-corrected chi connectivity index (χ4v) is 1.61. The summed E-state index contributed by atoms with van der Waals surface area (Å²) in [4.78, 5) is 22.0. The zero-order valence-electron chi connectivity index (χ0n) is 9.58. The number of hydrogen-bond acceptors (Lipinski definition) is 4. The fraction of sp³-hybridized carbons (Fsp3) is 0.0909. The first-order valence-corrected chi connectivity index (χ1v) is 5.20. The number of aromatic carboxylic acids is 1. The molecule has 0 saturated heterocycles. The topological polar surface area (TPSA) is 111 Å². The summed E-state index contributed by atoms with van der Waals surface area (Å²) in [5.74, 6) is -2.45. The Morgan fingerprint density at radius 3 is 2.47 bits per heavy atom. The molecule has 3 N–H and O–H groups in total. The van der Waals surface area contributed by atoms with Crippen molar-refractivity contribution in [2.75, 3.05) is 0 Å². The van der Waals surface area contributed by atoms with E-state index >= 15 is 0 Å². The van der Waals surface area contributed by atoms with Crippen molar-refractivity contribution in [2.24, 2.45) is 5.73 Å². The van der Waals surface area contributed by atoms with Crippen LogP contribution in [0.4, 0.5) is 4.39 Å². The number of nitrogens with zero attached hydrogens (tertiary/aromatic N) is 3. The molecule has 7 nitrogen and oxygen atoms in total. The van der Waals surface area contributed by atoms with Crippen molar-refractivity contribution in [3.05, 3.63) is 35.8 Å². The second kappa shape index (κ2) is 4.84. The Morgan fingerprint density at radius 1 is 1.32 bits per heavy atom. The van der Waals surface area contributed by atoms with Crippen LogP contribution < -0.4 is 5.73 Å². The van der Waals surface area contributed by atoms with Crippen molar-refractivity contribution >= 4 is 11.9 Å². The molecule has 1 aromatic heterocycles. The summed E-state index contributed by atoms with van der Waals surface area (Å²) in [6, 6.07) is 5.08. The van der Waals surface area contributed by atoms with Crippen LogP contribution in [-0.2, 0) is 11.3 Å². The van der Waals surface area contributed by atoms with Crippen molar-refractivity contribution in [1.29, 1.82) is 0 Å². The molecular formula is C11H9FN4O3. The SMILES string of the molecule is NC(=O)Cn1nnc(C(=O)O)c1-c1ccc(F)cc1. The molecule has 0 aliphatic rings. The fourth-order valence-electron chi connectivity index (χ4n) is 1.61. The van der Waals surface area contributed by atoms with Gasteiger partial charge in [0.05, 0.1) is 0 Å². The van der Waals surface area contributed by atoms with Crippen LogP contribution >= 0.6 is 0 Å². The van der Waals surface area contributed by atoms with E-state index in [2.05, 4.69) is 10.3 Å². The number of halogens is 1. The lowest BCUT2D eigenvalue weighted by atomic mass is 10.1. The quantitative estimate of drug-likeness (QED) is 0.823. The van der Waals surface area contributed by atoms with Gasteiger partial charge in [-0.1, -0.05) is 5.21 Å². The van der Waals surface area contributed by atoms with E-state index in [1.54, 1.807) is 0 Å². The number of carbonyl (C=O) groups is 2. The van der Waals surface area contributed by atoms with Crippen LogP contribution in [0.15, 0.2) is 24.3 Å². The third kappa shape index (κ3) is 2.57. The van der Waals surface area contributed by atoms with Crippen LogP contribution in [0.1, 0.15) is 10.5 Å². The zero-order valence-corrected chi connectivity index (χ0v) is 9.58. The molecule has 8 heteroatoms. The maximum Gasteiger partial charge on any atom is 0.358 e. The minimum atomic E-state index is -1.30. The first-order chi connectivity index (χ1) is 8.99. The van der Waals surface area contributed by atoms with Crippen LogP contribution in [0.5, 0.6) is 0 Å². The first-order valence-electron chi connectivity index (χ1n) is 5.20. The van der Waals surface area contributed by atoms with E-state index in [4.69, 9.17) is 10.8 Å². The summed E-state index contributed by atoms with van der Waals surface area (Å²) < 4.78 is 13.9. The standard InChI is InChI=1S/C11H9FN4O3/c12-7-3-1-6(2-4-7)10-9(11(18)19)14-15-16(10)5-8(13)17/h1-4H,5H2,(H2,13,17)(H,18,19). The van der Waals surface area contributed by atoms with E-state index in [-0.39, 0.29) is 17.9 Å². The van der Waals surface area contributed by atoms with Crippen LogP contribution in [0.2, 0.25) is 0 Å². The number of carboxylic acid groups (broad SMARTS) is 1. The predicted octanol–water partition coefficient (Wildman–Crippen LogP) is 0.268. The summed E-state index contributed by atoms with van der Waals surface area (Å²) in [7, 11) is 0. The molecule has 0 radical (unpaired) electrons. The molecule has 2 aromatic rings. The van der Waals surface area contributed by atoms with Gasteiger partial charge in [0.25, 0.3) is 0 Å². The van der Waals surface area contributed by atoms with Crippen molar-refractivity contribution in [2.45, 2.75) is 6.54 Å². The molecule has 19 heavy (non-hydrogen) atoms. The summed E-state index contributed by atoms with van der Waals surface area (Å²) in [5.41, 5.74) is 5.20. The first kappa shape index (κ1) is 12.7. The molecule has 0 bridgehead atoms. The van der Waals surface area contributed by atoms with E-state index < -0.39 is 17.7 Å². The maximum absolute atomic E-state index is 12.9. The van der Waals surface area contributed by atoms with Crippen LogP contribution in [0.3, 0.4) is 0 Å². The zero-order chi connectivity index (χ0) is 14.0. The molecular weight excluding hydrogens is 255 g/mol. The Balaban J connectivity index is 2.57. The minimum Gasteiger partial charge on any atom is -0.476 e. The lowest BCUT2D eigenvalue weighted by Gasteiger charge is -2.05. The van der Waals surface area contributed by atoms with Crippen LogP contribution in [0.25, 0.3) is 11.3 Å². The molecule has 0 spiro atoms. The second-order valence-electron chi connectivity index (χ2n) is 3.72. The third-order valence-electron chi connectivity index (χ3n) is 2.36. The van der Waals surface area contributed by atoms with E-state index in [9.17, 15) is 14.0 Å². The van der Waals surface area contributed by atoms with E-state index in [1.165, 1.54) is 24.3 Å². The van der Waals surface area contributed by atoms with Gasteiger partial charge in [-0.2, -0.15) is 0 Å². The lowest BCUT2D eigenvalue weighted by Crippen LogP contribution is -2.20. The largest absolute Gasteiger partial charge is 0.476 e. The summed E-state index contributed by atoms with van der Waals surface area (Å²) >= 11 is 0. The molecule has 2 rings (SSSR count). The summed E-state index contributed by atoms with van der Waals surface area (Å²) in [6.45, 7) is -0.313. The van der Waals surface area contributed by atoms with E-state index in [1.807, 2.05) is 0 Å². The van der Waals surface area contributed by atoms with Crippen molar-refractivity contribution in [3.63, 3.8) is 0 Å². The molecule has 0 aliphatic heterocycles. The van der Waals surface area contributed by atoms with Gasteiger partial charge in [0.2, 0.25) is 5.91 Å². The minimum absolute atomic E-state index is 0.103. The van der Waals surface area contributed by atoms with Gasteiger partial charge in [-0.05, 0) is 24.3 Å². The third-order valence-corrected chi connectivity index (χ3v) is 2.36. The molecule has 1 aromatic carbocycles.